The minimum absolute atomic E-state index is 0.750. The molecule has 0 atom stereocenters. The van der Waals surface area contributed by atoms with Crippen molar-refractivity contribution in [3.8, 4) is 0 Å². The van der Waals surface area contributed by atoms with E-state index in [1.807, 2.05) is 12.1 Å². The summed E-state index contributed by atoms with van der Waals surface area (Å²) in [7, 11) is 0. The third kappa shape index (κ3) is 5.17. The molecule has 5 heteroatoms. The monoisotopic (exact) mass is 228 g/mol. The SMILES string of the molecule is CCN(CC)c1ccc(N)cc1.O=S=O. The van der Waals surface area contributed by atoms with E-state index in [0.717, 1.165) is 18.8 Å². The average Bonchev–Trinajstić information content (AvgIpc) is 2.24. The van der Waals surface area contributed by atoms with Crippen molar-refractivity contribution in [3.05, 3.63) is 24.3 Å². The molecule has 1 rings (SSSR count). The topological polar surface area (TPSA) is 63.4 Å². The largest absolute Gasteiger partial charge is 0.399 e. The molecule has 0 aliphatic carbocycles. The van der Waals surface area contributed by atoms with Gasteiger partial charge in [0.1, 0.15) is 0 Å². The molecule has 0 saturated heterocycles. The van der Waals surface area contributed by atoms with Gasteiger partial charge in [-0.1, -0.05) is 0 Å². The van der Waals surface area contributed by atoms with Gasteiger partial charge in [-0.2, -0.15) is 8.42 Å². The Balaban J connectivity index is 0.000000583. The fourth-order valence-corrected chi connectivity index (χ4v) is 1.27. The van der Waals surface area contributed by atoms with Crippen molar-refractivity contribution in [2.24, 2.45) is 0 Å². The number of hydrogen-bond donors (Lipinski definition) is 1. The number of nitrogens with zero attached hydrogens (tertiary/aromatic N) is 1. The van der Waals surface area contributed by atoms with Crippen LogP contribution < -0.4 is 10.6 Å². The van der Waals surface area contributed by atoms with E-state index in [1.54, 1.807) is 0 Å². The summed E-state index contributed by atoms with van der Waals surface area (Å²) in [6.45, 7) is 6.39. The van der Waals surface area contributed by atoms with Gasteiger partial charge in [0.15, 0.2) is 0 Å². The molecule has 1 aromatic carbocycles. The van der Waals surface area contributed by atoms with Crippen LogP contribution in [0.4, 0.5) is 11.4 Å². The van der Waals surface area contributed by atoms with Crippen molar-refractivity contribution in [1.29, 1.82) is 0 Å². The Morgan fingerprint density at radius 3 is 1.87 bits per heavy atom. The van der Waals surface area contributed by atoms with E-state index in [-0.39, 0.29) is 0 Å². The molecule has 2 N–H and O–H groups in total. The Morgan fingerprint density at radius 1 is 1.13 bits per heavy atom. The highest BCUT2D eigenvalue weighted by Crippen LogP contribution is 2.15. The number of benzene rings is 1. The van der Waals surface area contributed by atoms with Crippen LogP contribution in [0.3, 0.4) is 0 Å². The Kier molecular flexibility index (Phi) is 7.27. The zero-order valence-electron chi connectivity index (χ0n) is 8.97. The normalized spacial score (nSPS) is 8.67. The number of nitrogens with two attached hydrogens (primary N) is 1. The highest BCUT2D eigenvalue weighted by Gasteiger charge is 1.99. The molecule has 0 bridgehead atoms. The zero-order valence-corrected chi connectivity index (χ0v) is 9.79. The first-order chi connectivity index (χ1) is 7.19. The molecule has 0 aliphatic rings. The van der Waals surface area contributed by atoms with Crippen LogP contribution in [0.15, 0.2) is 24.3 Å². The minimum atomic E-state index is -0.750. The lowest BCUT2D eigenvalue weighted by atomic mass is 10.2. The van der Waals surface area contributed by atoms with Gasteiger partial charge in [0.05, 0.1) is 0 Å². The molecule has 0 heterocycles. The highest BCUT2D eigenvalue weighted by atomic mass is 32.1. The Hall–Kier alpha value is -1.36. The van der Waals surface area contributed by atoms with Gasteiger partial charge in [0.2, 0.25) is 0 Å². The summed E-state index contributed by atoms with van der Waals surface area (Å²) >= 11 is -0.750. The van der Waals surface area contributed by atoms with Gasteiger partial charge >= 0.3 is 11.6 Å². The van der Waals surface area contributed by atoms with Gasteiger partial charge in [-0.25, -0.2) is 0 Å². The third-order valence-electron chi connectivity index (χ3n) is 2.02. The van der Waals surface area contributed by atoms with Gasteiger partial charge in [0.25, 0.3) is 0 Å². The first-order valence-corrected chi connectivity index (χ1v) is 5.38. The number of hydrogen-bond acceptors (Lipinski definition) is 4. The molecule has 0 amide bonds. The van der Waals surface area contributed by atoms with Crippen LogP contribution >= 0.6 is 0 Å². The smallest absolute Gasteiger partial charge is 0.335 e. The molecular formula is C10H16N2O2S. The predicted octanol–water partition coefficient (Wildman–Crippen LogP) is 1.44. The van der Waals surface area contributed by atoms with Crippen LogP contribution in [0.2, 0.25) is 0 Å². The molecule has 0 unspecified atom stereocenters. The standard InChI is InChI=1S/C10H16N2.O2S/c1-3-12(4-2)10-7-5-9(11)6-8-10;1-3-2/h5-8H,3-4,11H2,1-2H3;. The maximum Gasteiger partial charge on any atom is 0.335 e. The lowest BCUT2D eigenvalue weighted by Gasteiger charge is -2.20. The van der Waals surface area contributed by atoms with Gasteiger partial charge in [0, 0.05) is 24.5 Å². The summed E-state index contributed by atoms with van der Waals surface area (Å²) in [6.07, 6.45) is 0. The number of nitrogen functional groups attached to an aromatic ring is 1. The molecule has 0 saturated carbocycles. The van der Waals surface area contributed by atoms with Crippen molar-refractivity contribution >= 4 is 22.9 Å². The molecule has 0 aliphatic heterocycles. The first-order valence-electron chi connectivity index (χ1n) is 4.71. The summed E-state index contributed by atoms with van der Waals surface area (Å²) in [5, 5.41) is 0. The summed E-state index contributed by atoms with van der Waals surface area (Å²) in [5.74, 6) is 0. The van der Waals surface area contributed by atoms with E-state index < -0.39 is 11.6 Å². The molecule has 4 nitrogen and oxygen atoms in total. The fraction of sp³-hybridized carbons (Fsp3) is 0.400. The Morgan fingerprint density at radius 2 is 1.53 bits per heavy atom. The van der Waals surface area contributed by atoms with Gasteiger partial charge in [-0.15, -0.1) is 0 Å². The summed E-state index contributed by atoms with van der Waals surface area (Å²) in [5.41, 5.74) is 7.66. The Labute approximate surface area is 93.7 Å². The molecule has 15 heavy (non-hydrogen) atoms. The molecule has 0 spiro atoms. The second-order valence-electron chi connectivity index (χ2n) is 2.83. The fourth-order valence-electron chi connectivity index (χ4n) is 1.27. The minimum Gasteiger partial charge on any atom is -0.399 e. The van der Waals surface area contributed by atoms with Gasteiger partial charge in [-0.05, 0) is 38.1 Å². The Bertz CT molecular complexity index is 304. The maximum absolute atomic E-state index is 8.29. The molecule has 1 aromatic rings. The van der Waals surface area contributed by atoms with Crippen LogP contribution in [0, 0.1) is 0 Å². The van der Waals surface area contributed by atoms with Crippen molar-refractivity contribution in [2.45, 2.75) is 13.8 Å². The van der Waals surface area contributed by atoms with E-state index in [1.165, 1.54) is 5.69 Å². The van der Waals surface area contributed by atoms with Crippen LogP contribution in [0.5, 0.6) is 0 Å². The van der Waals surface area contributed by atoms with E-state index in [2.05, 4.69) is 30.9 Å². The summed E-state index contributed by atoms with van der Waals surface area (Å²) in [4.78, 5) is 2.29. The van der Waals surface area contributed by atoms with Crippen molar-refractivity contribution in [2.75, 3.05) is 23.7 Å². The molecule has 0 radical (unpaired) electrons. The van der Waals surface area contributed by atoms with Crippen LogP contribution in [0.25, 0.3) is 0 Å². The first kappa shape index (κ1) is 13.6. The molecule has 0 aromatic heterocycles. The van der Waals surface area contributed by atoms with Crippen LogP contribution in [-0.4, -0.2) is 21.5 Å². The second-order valence-corrected chi connectivity index (χ2v) is 2.97. The maximum atomic E-state index is 8.29. The van der Waals surface area contributed by atoms with Crippen LogP contribution in [0.1, 0.15) is 13.8 Å². The van der Waals surface area contributed by atoms with E-state index in [0.29, 0.717) is 0 Å². The molecular weight excluding hydrogens is 212 g/mol. The van der Waals surface area contributed by atoms with Crippen LogP contribution in [-0.2, 0) is 11.6 Å². The van der Waals surface area contributed by atoms with E-state index in [9.17, 15) is 0 Å². The quantitative estimate of drug-likeness (QED) is 0.795. The lowest BCUT2D eigenvalue weighted by Crippen LogP contribution is -2.21. The van der Waals surface area contributed by atoms with Crippen molar-refractivity contribution in [3.63, 3.8) is 0 Å². The van der Waals surface area contributed by atoms with E-state index >= 15 is 0 Å². The molecule has 84 valence electrons. The third-order valence-corrected chi connectivity index (χ3v) is 2.02. The summed E-state index contributed by atoms with van der Waals surface area (Å²) in [6, 6.07) is 7.99. The van der Waals surface area contributed by atoms with Crippen molar-refractivity contribution < 1.29 is 8.42 Å². The average molecular weight is 228 g/mol. The number of anilines is 2. The van der Waals surface area contributed by atoms with Gasteiger partial charge in [-0.3, -0.25) is 0 Å². The highest BCUT2D eigenvalue weighted by molar-refractivity contribution is 7.51. The lowest BCUT2D eigenvalue weighted by molar-refractivity contribution is 0.630. The second kappa shape index (κ2) is 7.99. The summed E-state index contributed by atoms with van der Waals surface area (Å²) < 4.78 is 16.6. The zero-order chi connectivity index (χ0) is 11.7. The van der Waals surface area contributed by atoms with Gasteiger partial charge < -0.3 is 10.6 Å². The van der Waals surface area contributed by atoms with Crippen molar-refractivity contribution in [1.82, 2.24) is 0 Å². The molecule has 0 fully saturated rings. The van der Waals surface area contributed by atoms with E-state index in [4.69, 9.17) is 14.2 Å². The predicted molar refractivity (Wildman–Crippen MR) is 63.3 cm³/mol. The number of rotatable bonds is 3.